The molecule has 0 bridgehead atoms. The van der Waals surface area contributed by atoms with Crippen LogP contribution in [0.2, 0.25) is 0 Å². The van der Waals surface area contributed by atoms with E-state index in [-0.39, 0.29) is 18.1 Å². The zero-order valence-electron chi connectivity index (χ0n) is 15.3. The number of non-ortho nitro benzene ring substituents is 1. The number of rotatable bonds is 8. The number of carbonyl (C=O) groups excluding carboxylic acids is 1. The van der Waals surface area contributed by atoms with Gasteiger partial charge in [-0.15, -0.1) is 0 Å². The first-order chi connectivity index (χ1) is 12.9. The maximum absolute atomic E-state index is 11.9. The third kappa shape index (κ3) is 5.70. The molecule has 27 heavy (non-hydrogen) atoms. The number of amides is 1. The van der Waals surface area contributed by atoms with E-state index in [0.717, 1.165) is 17.1 Å². The Balaban J connectivity index is 1.96. The van der Waals surface area contributed by atoms with Crippen LogP contribution in [-0.4, -0.2) is 44.8 Å². The third-order valence-corrected chi connectivity index (χ3v) is 3.64. The van der Waals surface area contributed by atoms with Gasteiger partial charge in [-0.2, -0.15) is 5.10 Å². The van der Waals surface area contributed by atoms with Crippen LogP contribution in [0.3, 0.4) is 0 Å². The number of ether oxygens (including phenoxy) is 1. The van der Waals surface area contributed by atoms with Crippen LogP contribution < -0.4 is 20.4 Å². The van der Waals surface area contributed by atoms with Gasteiger partial charge >= 0.3 is 0 Å². The number of hydrogen-bond donors (Lipinski definition) is 2. The summed E-state index contributed by atoms with van der Waals surface area (Å²) in [6.07, 6.45) is 1.38. The first-order valence-electron chi connectivity index (χ1n) is 8.06. The Kier molecular flexibility index (Phi) is 6.70. The molecule has 0 saturated carbocycles. The van der Waals surface area contributed by atoms with Crippen LogP contribution in [0, 0.1) is 10.1 Å². The molecule has 0 aliphatic rings. The van der Waals surface area contributed by atoms with Crippen molar-refractivity contribution >= 4 is 29.2 Å². The minimum absolute atomic E-state index is 0.0269. The molecule has 0 atom stereocenters. The van der Waals surface area contributed by atoms with E-state index in [1.165, 1.54) is 18.3 Å². The Morgan fingerprint density at radius 2 is 1.96 bits per heavy atom. The van der Waals surface area contributed by atoms with Crippen molar-refractivity contribution in [3.63, 3.8) is 0 Å². The fraction of sp³-hybridized carbons (Fsp3) is 0.222. The van der Waals surface area contributed by atoms with Crippen molar-refractivity contribution in [3.8, 4) is 5.75 Å². The van der Waals surface area contributed by atoms with E-state index in [2.05, 4.69) is 15.8 Å². The van der Waals surface area contributed by atoms with Crippen molar-refractivity contribution < 1.29 is 14.5 Å². The van der Waals surface area contributed by atoms with Gasteiger partial charge in [-0.05, 0) is 30.3 Å². The second-order valence-corrected chi connectivity index (χ2v) is 5.77. The average Bonchev–Trinajstić information content (AvgIpc) is 2.66. The summed E-state index contributed by atoms with van der Waals surface area (Å²) in [5.74, 6) is 0.377. The number of nitrogens with zero attached hydrogens (tertiary/aromatic N) is 3. The van der Waals surface area contributed by atoms with Crippen LogP contribution >= 0.6 is 0 Å². The van der Waals surface area contributed by atoms with E-state index in [1.54, 1.807) is 42.3 Å². The Morgan fingerprint density at radius 3 is 2.56 bits per heavy atom. The van der Waals surface area contributed by atoms with Crippen molar-refractivity contribution in [2.75, 3.05) is 38.0 Å². The summed E-state index contributed by atoms with van der Waals surface area (Å²) >= 11 is 0. The van der Waals surface area contributed by atoms with Crippen LogP contribution in [-0.2, 0) is 4.79 Å². The SMILES string of the molecule is COc1ccc(NCC(=O)N/N=C/c2cc([N+](=O)[O-])ccc2N(C)C)cc1. The lowest BCUT2D eigenvalue weighted by molar-refractivity contribution is -0.384. The highest BCUT2D eigenvalue weighted by molar-refractivity contribution is 5.90. The first-order valence-corrected chi connectivity index (χ1v) is 8.06. The fourth-order valence-electron chi connectivity index (χ4n) is 2.27. The fourth-order valence-corrected chi connectivity index (χ4v) is 2.27. The summed E-state index contributed by atoms with van der Waals surface area (Å²) in [6, 6.07) is 11.6. The molecule has 2 aromatic carbocycles. The van der Waals surface area contributed by atoms with Crippen molar-refractivity contribution in [3.05, 3.63) is 58.1 Å². The van der Waals surface area contributed by atoms with Crippen molar-refractivity contribution in [1.29, 1.82) is 0 Å². The summed E-state index contributed by atoms with van der Waals surface area (Å²) < 4.78 is 5.07. The number of methoxy groups -OCH3 is 1. The van der Waals surface area contributed by atoms with Crippen molar-refractivity contribution in [2.24, 2.45) is 5.10 Å². The quantitative estimate of drug-likeness (QED) is 0.418. The second-order valence-electron chi connectivity index (χ2n) is 5.77. The molecule has 142 valence electrons. The van der Waals surface area contributed by atoms with Crippen molar-refractivity contribution in [1.82, 2.24) is 5.43 Å². The zero-order valence-corrected chi connectivity index (χ0v) is 15.3. The summed E-state index contributed by atoms with van der Waals surface area (Å²) in [5.41, 5.74) is 4.39. The number of carbonyl (C=O) groups is 1. The van der Waals surface area contributed by atoms with Crippen LogP contribution in [0.25, 0.3) is 0 Å². The van der Waals surface area contributed by atoms with Gasteiger partial charge in [0.1, 0.15) is 5.75 Å². The number of anilines is 2. The van der Waals surface area contributed by atoms with Crippen LogP contribution in [0.5, 0.6) is 5.75 Å². The lowest BCUT2D eigenvalue weighted by Crippen LogP contribution is -2.26. The Hall–Kier alpha value is -3.62. The monoisotopic (exact) mass is 371 g/mol. The highest BCUT2D eigenvalue weighted by Crippen LogP contribution is 2.22. The first kappa shape index (κ1) is 19.7. The second kappa shape index (κ2) is 9.18. The Labute approximate surface area is 156 Å². The Bertz CT molecular complexity index is 834. The lowest BCUT2D eigenvalue weighted by Gasteiger charge is -2.14. The minimum atomic E-state index is -0.478. The summed E-state index contributed by atoms with van der Waals surface area (Å²) in [5, 5.41) is 17.8. The third-order valence-electron chi connectivity index (χ3n) is 3.64. The Morgan fingerprint density at radius 1 is 1.26 bits per heavy atom. The summed E-state index contributed by atoms with van der Waals surface area (Å²) in [6.45, 7) is 0.0269. The van der Waals surface area contributed by atoms with Crippen molar-refractivity contribution in [2.45, 2.75) is 0 Å². The number of benzene rings is 2. The van der Waals surface area contributed by atoms with E-state index in [9.17, 15) is 14.9 Å². The predicted octanol–water partition coefficient (Wildman–Crippen LogP) is 2.23. The number of hydrogen-bond acceptors (Lipinski definition) is 7. The molecule has 0 heterocycles. The van der Waals surface area contributed by atoms with Gasteiger partial charge < -0.3 is 15.0 Å². The van der Waals surface area contributed by atoms with Gasteiger partial charge in [0.15, 0.2) is 0 Å². The highest BCUT2D eigenvalue weighted by atomic mass is 16.6. The van der Waals surface area contributed by atoms with E-state index >= 15 is 0 Å². The maximum atomic E-state index is 11.9. The van der Waals surface area contributed by atoms with E-state index in [0.29, 0.717) is 5.56 Å². The summed E-state index contributed by atoms with van der Waals surface area (Å²) in [4.78, 5) is 24.2. The largest absolute Gasteiger partial charge is 0.497 e. The molecule has 0 unspecified atom stereocenters. The molecule has 2 aromatic rings. The number of nitro groups is 1. The topological polar surface area (TPSA) is 109 Å². The van der Waals surface area contributed by atoms with Crippen LogP contribution in [0.4, 0.5) is 17.1 Å². The van der Waals surface area contributed by atoms with Crippen LogP contribution in [0.1, 0.15) is 5.56 Å². The van der Waals surface area contributed by atoms with Gasteiger partial charge in [0.25, 0.3) is 11.6 Å². The number of nitrogens with one attached hydrogen (secondary N) is 2. The standard InChI is InChI=1S/C18H21N5O4/c1-22(2)17-9-6-15(23(25)26)10-13(17)11-20-21-18(24)12-19-14-4-7-16(27-3)8-5-14/h4-11,19H,12H2,1-3H3,(H,21,24)/b20-11+. The van der Waals surface area contributed by atoms with Gasteiger partial charge in [0.2, 0.25) is 0 Å². The van der Waals surface area contributed by atoms with Gasteiger partial charge in [0.05, 0.1) is 24.8 Å². The molecule has 0 spiro atoms. The van der Waals surface area contributed by atoms with Gasteiger partial charge in [-0.25, -0.2) is 5.43 Å². The normalized spacial score (nSPS) is 10.5. The van der Waals surface area contributed by atoms with Gasteiger partial charge in [-0.1, -0.05) is 0 Å². The van der Waals surface area contributed by atoms with E-state index in [1.807, 2.05) is 14.1 Å². The van der Waals surface area contributed by atoms with E-state index < -0.39 is 4.92 Å². The molecule has 0 aliphatic heterocycles. The van der Waals surface area contributed by atoms with Crippen LogP contribution in [0.15, 0.2) is 47.6 Å². The molecule has 0 aromatic heterocycles. The average molecular weight is 371 g/mol. The molecule has 2 rings (SSSR count). The molecule has 9 heteroatoms. The molecule has 2 N–H and O–H groups in total. The maximum Gasteiger partial charge on any atom is 0.270 e. The number of hydrazone groups is 1. The lowest BCUT2D eigenvalue weighted by atomic mass is 10.1. The smallest absolute Gasteiger partial charge is 0.270 e. The minimum Gasteiger partial charge on any atom is -0.497 e. The molecular weight excluding hydrogens is 350 g/mol. The zero-order chi connectivity index (χ0) is 19.8. The molecule has 0 aliphatic carbocycles. The highest BCUT2D eigenvalue weighted by Gasteiger charge is 2.11. The molecule has 0 fully saturated rings. The molecule has 0 saturated heterocycles. The molecular formula is C18H21N5O4. The molecule has 0 radical (unpaired) electrons. The van der Waals surface area contributed by atoms with Gasteiger partial charge in [0, 0.05) is 43.2 Å². The molecule has 9 nitrogen and oxygen atoms in total. The van der Waals surface area contributed by atoms with Gasteiger partial charge in [-0.3, -0.25) is 14.9 Å². The van der Waals surface area contributed by atoms with E-state index in [4.69, 9.17) is 4.74 Å². The molecule has 1 amide bonds. The predicted molar refractivity (Wildman–Crippen MR) is 105 cm³/mol. The number of nitro benzene ring substituents is 1. The summed E-state index contributed by atoms with van der Waals surface area (Å²) in [7, 11) is 5.21.